The summed E-state index contributed by atoms with van der Waals surface area (Å²) in [5, 5.41) is 0. The number of benzene rings is 2. The minimum Gasteiger partial charge on any atom is -0.278 e. The first-order valence-corrected chi connectivity index (χ1v) is 11.3. The van der Waals surface area contributed by atoms with Crippen LogP contribution in [0.15, 0.2) is 62.8 Å². The monoisotopic (exact) mass is 446 g/mol. The van der Waals surface area contributed by atoms with E-state index in [0.29, 0.717) is 23.2 Å². The van der Waals surface area contributed by atoms with Crippen LogP contribution in [0, 0.1) is 0 Å². The van der Waals surface area contributed by atoms with Gasteiger partial charge in [-0.05, 0) is 52.3 Å². The SMILES string of the molecule is CCN(CC)S(=O)(=O)c1ccc(S(=O)(=O)Nc2ccccc2Br)cc1. The third-order valence-electron chi connectivity index (χ3n) is 3.60. The van der Waals surface area contributed by atoms with Crippen molar-refractivity contribution in [1.29, 1.82) is 0 Å². The second kappa shape index (κ2) is 7.86. The molecule has 25 heavy (non-hydrogen) atoms. The topological polar surface area (TPSA) is 83.6 Å². The van der Waals surface area contributed by atoms with Crippen molar-refractivity contribution in [3.05, 3.63) is 53.0 Å². The summed E-state index contributed by atoms with van der Waals surface area (Å²) >= 11 is 3.28. The zero-order valence-corrected chi connectivity index (χ0v) is 17.0. The zero-order valence-electron chi connectivity index (χ0n) is 13.8. The molecule has 0 spiro atoms. The smallest absolute Gasteiger partial charge is 0.261 e. The molecule has 0 atom stereocenters. The van der Waals surface area contributed by atoms with E-state index in [2.05, 4.69) is 20.7 Å². The van der Waals surface area contributed by atoms with Crippen LogP contribution < -0.4 is 4.72 Å². The number of halogens is 1. The van der Waals surface area contributed by atoms with Crippen molar-refractivity contribution in [2.75, 3.05) is 17.8 Å². The van der Waals surface area contributed by atoms with Gasteiger partial charge in [-0.3, -0.25) is 4.72 Å². The number of nitrogens with zero attached hydrogens (tertiary/aromatic N) is 1. The molecular formula is C16H19BrN2O4S2. The third kappa shape index (κ3) is 4.41. The molecule has 0 unspecified atom stereocenters. The molecule has 6 nitrogen and oxygen atoms in total. The van der Waals surface area contributed by atoms with E-state index in [9.17, 15) is 16.8 Å². The number of hydrogen-bond donors (Lipinski definition) is 1. The summed E-state index contributed by atoms with van der Waals surface area (Å²) in [6.45, 7) is 4.20. The first kappa shape index (κ1) is 19.9. The highest BCUT2D eigenvalue weighted by Crippen LogP contribution is 2.25. The van der Waals surface area contributed by atoms with E-state index in [1.807, 2.05) is 0 Å². The number of anilines is 1. The van der Waals surface area contributed by atoms with Gasteiger partial charge >= 0.3 is 0 Å². The quantitative estimate of drug-likeness (QED) is 0.706. The number of rotatable bonds is 7. The van der Waals surface area contributed by atoms with E-state index >= 15 is 0 Å². The maximum absolute atomic E-state index is 12.5. The Hall–Kier alpha value is -1.42. The lowest BCUT2D eigenvalue weighted by Crippen LogP contribution is -2.30. The standard InChI is InChI=1S/C16H19BrN2O4S2/c1-3-19(4-2)25(22,23)14-11-9-13(10-12-14)24(20,21)18-16-8-6-5-7-15(16)17/h5-12,18H,3-4H2,1-2H3. The molecule has 0 aliphatic carbocycles. The fourth-order valence-corrected chi connectivity index (χ4v) is 5.30. The van der Waals surface area contributed by atoms with Crippen molar-refractivity contribution in [3.8, 4) is 0 Å². The molecule has 0 aromatic heterocycles. The van der Waals surface area contributed by atoms with Crippen LogP contribution in [0.4, 0.5) is 5.69 Å². The van der Waals surface area contributed by atoms with Gasteiger partial charge in [0, 0.05) is 17.6 Å². The van der Waals surface area contributed by atoms with E-state index < -0.39 is 20.0 Å². The second-order valence-electron chi connectivity index (χ2n) is 5.15. The molecule has 0 saturated carbocycles. The Morgan fingerprint density at radius 2 is 1.40 bits per heavy atom. The van der Waals surface area contributed by atoms with Crippen LogP contribution in [0.2, 0.25) is 0 Å². The van der Waals surface area contributed by atoms with E-state index in [1.165, 1.54) is 28.6 Å². The highest BCUT2D eigenvalue weighted by Gasteiger charge is 2.23. The summed E-state index contributed by atoms with van der Waals surface area (Å²) < 4.78 is 54.2. The van der Waals surface area contributed by atoms with Crippen molar-refractivity contribution in [2.45, 2.75) is 23.6 Å². The van der Waals surface area contributed by atoms with Gasteiger partial charge in [-0.25, -0.2) is 16.8 Å². The Morgan fingerprint density at radius 3 is 1.92 bits per heavy atom. The Balaban J connectivity index is 2.32. The van der Waals surface area contributed by atoms with E-state index in [0.717, 1.165) is 0 Å². The predicted octanol–water partition coefficient (Wildman–Crippen LogP) is 3.28. The summed E-state index contributed by atoms with van der Waals surface area (Å²) in [6.07, 6.45) is 0. The largest absolute Gasteiger partial charge is 0.278 e. The Bertz CT molecular complexity index is 938. The van der Waals surface area contributed by atoms with Crippen LogP contribution in [0.3, 0.4) is 0 Å². The number of para-hydroxylation sites is 1. The number of sulfonamides is 2. The van der Waals surface area contributed by atoms with Crippen LogP contribution >= 0.6 is 15.9 Å². The van der Waals surface area contributed by atoms with Crippen molar-refractivity contribution in [3.63, 3.8) is 0 Å². The van der Waals surface area contributed by atoms with Gasteiger partial charge in [-0.2, -0.15) is 4.31 Å². The molecule has 0 amide bonds. The Labute approximate surface area is 157 Å². The summed E-state index contributed by atoms with van der Waals surface area (Å²) in [7, 11) is -7.44. The van der Waals surface area contributed by atoms with Gasteiger partial charge < -0.3 is 0 Å². The molecule has 2 rings (SSSR count). The first-order valence-electron chi connectivity index (χ1n) is 7.60. The van der Waals surface area contributed by atoms with Gasteiger partial charge in [-0.1, -0.05) is 26.0 Å². The third-order valence-corrected chi connectivity index (χ3v) is 7.73. The number of hydrogen-bond acceptors (Lipinski definition) is 4. The normalized spacial score (nSPS) is 12.3. The lowest BCUT2D eigenvalue weighted by molar-refractivity contribution is 0.445. The Kier molecular flexibility index (Phi) is 6.26. The molecular weight excluding hydrogens is 428 g/mol. The molecule has 9 heteroatoms. The van der Waals surface area contributed by atoms with Crippen molar-refractivity contribution in [1.82, 2.24) is 4.31 Å². The molecule has 0 radical (unpaired) electrons. The molecule has 0 aliphatic rings. The van der Waals surface area contributed by atoms with Gasteiger partial charge in [0.1, 0.15) is 0 Å². The van der Waals surface area contributed by atoms with Crippen molar-refractivity contribution in [2.24, 2.45) is 0 Å². The van der Waals surface area contributed by atoms with Crippen LogP contribution in [-0.2, 0) is 20.0 Å². The molecule has 0 bridgehead atoms. The van der Waals surface area contributed by atoms with Gasteiger partial charge in [0.05, 0.1) is 15.5 Å². The summed E-state index contributed by atoms with van der Waals surface area (Å²) in [5.74, 6) is 0. The van der Waals surface area contributed by atoms with Crippen LogP contribution in [-0.4, -0.2) is 34.2 Å². The van der Waals surface area contributed by atoms with Crippen LogP contribution in [0.1, 0.15) is 13.8 Å². The summed E-state index contributed by atoms with van der Waals surface area (Å²) in [6, 6.07) is 12.0. The molecule has 2 aromatic rings. The maximum atomic E-state index is 12.5. The Morgan fingerprint density at radius 1 is 0.880 bits per heavy atom. The van der Waals surface area contributed by atoms with Crippen LogP contribution in [0.25, 0.3) is 0 Å². The summed E-state index contributed by atoms with van der Waals surface area (Å²) in [4.78, 5) is 0.0535. The van der Waals surface area contributed by atoms with Gasteiger partial charge in [0.2, 0.25) is 10.0 Å². The molecule has 0 aliphatic heterocycles. The fourth-order valence-electron chi connectivity index (χ4n) is 2.25. The molecule has 136 valence electrons. The molecule has 2 aromatic carbocycles. The highest BCUT2D eigenvalue weighted by molar-refractivity contribution is 9.10. The average Bonchev–Trinajstić information content (AvgIpc) is 2.58. The van der Waals surface area contributed by atoms with Gasteiger partial charge in [0.25, 0.3) is 10.0 Å². The van der Waals surface area contributed by atoms with Crippen LogP contribution in [0.5, 0.6) is 0 Å². The molecule has 1 N–H and O–H groups in total. The first-order chi connectivity index (χ1) is 11.7. The minimum absolute atomic E-state index is 0.0123. The summed E-state index contributed by atoms with van der Waals surface area (Å²) in [5.41, 5.74) is 0.405. The lowest BCUT2D eigenvalue weighted by Gasteiger charge is -2.18. The van der Waals surface area contributed by atoms with Crippen molar-refractivity contribution < 1.29 is 16.8 Å². The maximum Gasteiger partial charge on any atom is 0.261 e. The molecule has 0 saturated heterocycles. The number of nitrogens with one attached hydrogen (secondary N) is 1. The average molecular weight is 447 g/mol. The van der Waals surface area contributed by atoms with E-state index in [1.54, 1.807) is 38.1 Å². The van der Waals surface area contributed by atoms with Gasteiger partial charge in [0.15, 0.2) is 0 Å². The van der Waals surface area contributed by atoms with E-state index in [-0.39, 0.29) is 9.79 Å². The van der Waals surface area contributed by atoms with Gasteiger partial charge in [-0.15, -0.1) is 0 Å². The minimum atomic E-state index is -3.82. The van der Waals surface area contributed by atoms with E-state index in [4.69, 9.17) is 0 Å². The fraction of sp³-hybridized carbons (Fsp3) is 0.250. The zero-order chi connectivity index (χ0) is 18.7. The lowest BCUT2D eigenvalue weighted by atomic mass is 10.3. The molecule has 0 fully saturated rings. The molecule has 0 heterocycles. The predicted molar refractivity (Wildman–Crippen MR) is 101 cm³/mol. The highest BCUT2D eigenvalue weighted by atomic mass is 79.9. The van der Waals surface area contributed by atoms with Crippen molar-refractivity contribution >= 4 is 41.7 Å². The second-order valence-corrected chi connectivity index (χ2v) is 9.62.